The van der Waals surface area contributed by atoms with E-state index in [-0.39, 0.29) is 38.6 Å². The molecule has 0 aliphatic carbocycles. The van der Waals surface area contributed by atoms with Crippen molar-refractivity contribution in [1.82, 2.24) is 10.0 Å². The number of benzene rings is 2. The van der Waals surface area contributed by atoms with Gasteiger partial charge >= 0.3 is 11.8 Å². The molecule has 0 aromatic heterocycles. The number of hydrogen-bond acceptors (Lipinski definition) is 6. The van der Waals surface area contributed by atoms with Crippen LogP contribution in [-0.2, 0) is 9.59 Å². The first-order valence-electron chi connectivity index (χ1n) is 8.67. The molecule has 0 spiro atoms. The smallest absolute Gasteiger partial charge is 0.314 e. The number of carbonyl (C=O) groups is 3. The van der Waals surface area contributed by atoms with E-state index in [2.05, 4.69) is 10.6 Å². The van der Waals surface area contributed by atoms with Gasteiger partial charge in [-0.05, 0) is 37.3 Å². The summed E-state index contributed by atoms with van der Waals surface area (Å²) in [5.41, 5.74) is -0.104. The first kappa shape index (κ1) is 23.3. The first-order chi connectivity index (χ1) is 14.0. The van der Waals surface area contributed by atoms with Crippen LogP contribution >= 0.6 is 23.2 Å². The average molecular weight is 455 g/mol. The molecule has 9 nitrogen and oxygen atoms in total. The second-order valence-corrected chi connectivity index (χ2v) is 7.14. The van der Waals surface area contributed by atoms with Crippen LogP contribution in [0.15, 0.2) is 30.3 Å². The van der Waals surface area contributed by atoms with Gasteiger partial charge in [-0.25, -0.2) is 5.01 Å². The third-order valence-electron chi connectivity index (χ3n) is 3.99. The number of phenols is 2. The standard InChI is InChI=1S/C19H20Cl2N4O5/c1-4-25(24(2)3)19(30)10-5-6-15(26)13(7-10)22-17(28)18(29)23-14-9-11(20)8-12(21)16(14)27/h5-9,26-27H,4H2,1-3H3,(H,22,28)(H,23,29). The van der Waals surface area contributed by atoms with Crippen LogP contribution in [0.25, 0.3) is 0 Å². The highest BCUT2D eigenvalue weighted by atomic mass is 35.5. The second-order valence-electron chi connectivity index (χ2n) is 6.29. The number of amides is 3. The number of rotatable bonds is 5. The van der Waals surface area contributed by atoms with Gasteiger partial charge in [0.2, 0.25) is 0 Å². The monoisotopic (exact) mass is 454 g/mol. The molecule has 11 heteroatoms. The number of nitrogens with one attached hydrogen (secondary N) is 2. The number of hydrazine groups is 1. The molecule has 2 rings (SSSR count). The van der Waals surface area contributed by atoms with E-state index in [9.17, 15) is 24.6 Å². The molecule has 0 radical (unpaired) electrons. The highest BCUT2D eigenvalue weighted by Crippen LogP contribution is 2.35. The molecule has 0 heterocycles. The number of anilines is 2. The molecule has 160 valence electrons. The van der Waals surface area contributed by atoms with Crippen molar-refractivity contribution in [3.8, 4) is 11.5 Å². The molecule has 0 aliphatic rings. The van der Waals surface area contributed by atoms with Crippen LogP contribution in [0.3, 0.4) is 0 Å². The molecular formula is C19H20Cl2N4O5. The Morgan fingerprint density at radius 3 is 2.13 bits per heavy atom. The van der Waals surface area contributed by atoms with Crippen molar-refractivity contribution in [1.29, 1.82) is 0 Å². The van der Waals surface area contributed by atoms with Gasteiger partial charge in [-0.2, -0.15) is 0 Å². The molecule has 4 N–H and O–H groups in total. The maximum absolute atomic E-state index is 12.6. The summed E-state index contributed by atoms with van der Waals surface area (Å²) in [5.74, 6) is -3.45. The topological polar surface area (TPSA) is 122 Å². The lowest BCUT2D eigenvalue weighted by Gasteiger charge is -2.27. The molecule has 2 aromatic carbocycles. The lowest BCUT2D eigenvalue weighted by Crippen LogP contribution is -2.41. The van der Waals surface area contributed by atoms with Crippen molar-refractivity contribution in [2.75, 3.05) is 31.3 Å². The van der Waals surface area contributed by atoms with Crippen LogP contribution in [0.2, 0.25) is 10.0 Å². The number of phenolic OH excluding ortho intramolecular Hbond substituents is 2. The largest absolute Gasteiger partial charge is 0.506 e. The summed E-state index contributed by atoms with van der Waals surface area (Å²) in [6, 6.07) is 6.36. The normalized spacial score (nSPS) is 10.6. The lowest BCUT2D eigenvalue weighted by atomic mass is 10.1. The Balaban J connectivity index is 2.20. The quantitative estimate of drug-likeness (QED) is 0.313. The molecule has 0 aliphatic heterocycles. The summed E-state index contributed by atoms with van der Waals surface area (Å²) in [6.07, 6.45) is 0. The Labute approximate surface area is 182 Å². The summed E-state index contributed by atoms with van der Waals surface area (Å²) in [7, 11) is 3.40. The van der Waals surface area contributed by atoms with Gasteiger partial charge in [0.25, 0.3) is 5.91 Å². The van der Waals surface area contributed by atoms with Gasteiger partial charge < -0.3 is 20.8 Å². The van der Waals surface area contributed by atoms with Gasteiger partial charge in [0.15, 0.2) is 5.75 Å². The Hall–Kier alpha value is -3.01. The Kier molecular flexibility index (Phi) is 7.49. The Bertz CT molecular complexity index is 997. The van der Waals surface area contributed by atoms with Crippen LogP contribution in [0, 0.1) is 0 Å². The minimum Gasteiger partial charge on any atom is -0.506 e. The average Bonchev–Trinajstić information content (AvgIpc) is 2.67. The third kappa shape index (κ3) is 5.32. The zero-order valence-electron chi connectivity index (χ0n) is 16.4. The van der Waals surface area contributed by atoms with E-state index < -0.39 is 17.6 Å². The minimum absolute atomic E-state index is 0.108. The fourth-order valence-electron chi connectivity index (χ4n) is 2.55. The van der Waals surface area contributed by atoms with Gasteiger partial charge in [-0.1, -0.05) is 23.2 Å². The molecule has 0 unspecified atom stereocenters. The van der Waals surface area contributed by atoms with Gasteiger partial charge in [-0.3, -0.25) is 19.4 Å². The van der Waals surface area contributed by atoms with E-state index >= 15 is 0 Å². The van der Waals surface area contributed by atoms with E-state index in [0.717, 1.165) is 0 Å². The van der Waals surface area contributed by atoms with Gasteiger partial charge in [0.05, 0.1) is 16.4 Å². The van der Waals surface area contributed by atoms with Crippen LogP contribution in [0.4, 0.5) is 11.4 Å². The Morgan fingerprint density at radius 1 is 0.967 bits per heavy atom. The maximum Gasteiger partial charge on any atom is 0.314 e. The minimum atomic E-state index is -1.15. The molecule has 0 atom stereocenters. The molecule has 0 fully saturated rings. The van der Waals surface area contributed by atoms with Crippen molar-refractivity contribution in [3.05, 3.63) is 45.9 Å². The fraction of sp³-hybridized carbons (Fsp3) is 0.211. The van der Waals surface area contributed by atoms with Crippen molar-refractivity contribution < 1.29 is 24.6 Å². The predicted octanol–water partition coefficient (Wildman–Crippen LogP) is 2.92. The SMILES string of the molecule is CCN(C(=O)c1ccc(O)c(NC(=O)C(=O)Nc2cc(Cl)cc(Cl)c2O)c1)N(C)C. The van der Waals surface area contributed by atoms with Crippen LogP contribution in [-0.4, -0.2) is 58.6 Å². The summed E-state index contributed by atoms with van der Waals surface area (Å²) in [6.45, 7) is 2.20. The number of carbonyl (C=O) groups excluding carboxylic acids is 3. The lowest BCUT2D eigenvalue weighted by molar-refractivity contribution is -0.133. The maximum atomic E-state index is 12.6. The number of nitrogens with zero attached hydrogens (tertiary/aromatic N) is 2. The summed E-state index contributed by atoms with van der Waals surface area (Å²) in [4.78, 5) is 37.0. The van der Waals surface area contributed by atoms with E-state index in [1.54, 1.807) is 26.0 Å². The fourth-order valence-corrected chi connectivity index (χ4v) is 3.04. The summed E-state index contributed by atoms with van der Waals surface area (Å²) < 4.78 is 0. The van der Waals surface area contributed by atoms with E-state index in [4.69, 9.17) is 23.2 Å². The van der Waals surface area contributed by atoms with Crippen molar-refractivity contribution >= 4 is 52.3 Å². The highest BCUT2D eigenvalue weighted by Gasteiger charge is 2.21. The van der Waals surface area contributed by atoms with Gasteiger partial charge in [-0.15, -0.1) is 0 Å². The van der Waals surface area contributed by atoms with E-state index in [1.807, 2.05) is 0 Å². The van der Waals surface area contributed by atoms with Crippen LogP contribution < -0.4 is 10.6 Å². The number of aromatic hydroxyl groups is 2. The molecule has 0 saturated carbocycles. The van der Waals surface area contributed by atoms with Gasteiger partial charge in [0, 0.05) is 31.2 Å². The summed E-state index contributed by atoms with van der Waals surface area (Å²) in [5, 5.41) is 27.4. The molecular weight excluding hydrogens is 435 g/mol. The van der Waals surface area contributed by atoms with Gasteiger partial charge in [0.1, 0.15) is 5.75 Å². The van der Waals surface area contributed by atoms with Crippen molar-refractivity contribution in [2.45, 2.75) is 6.92 Å². The van der Waals surface area contributed by atoms with Crippen molar-refractivity contribution in [2.24, 2.45) is 0 Å². The molecule has 0 saturated heterocycles. The number of halogens is 2. The predicted molar refractivity (Wildman–Crippen MR) is 114 cm³/mol. The Morgan fingerprint density at radius 2 is 1.57 bits per heavy atom. The molecule has 0 bridgehead atoms. The second kappa shape index (κ2) is 9.66. The molecule has 2 aromatic rings. The van der Waals surface area contributed by atoms with Crippen molar-refractivity contribution in [3.63, 3.8) is 0 Å². The zero-order chi connectivity index (χ0) is 22.6. The summed E-state index contributed by atoms with van der Waals surface area (Å²) >= 11 is 11.6. The highest BCUT2D eigenvalue weighted by molar-refractivity contribution is 6.44. The molecule has 30 heavy (non-hydrogen) atoms. The first-order valence-corrected chi connectivity index (χ1v) is 9.43. The zero-order valence-corrected chi connectivity index (χ0v) is 17.9. The van der Waals surface area contributed by atoms with Crippen LogP contribution in [0.5, 0.6) is 11.5 Å². The van der Waals surface area contributed by atoms with E-state index in [0.29, 0.717) is 6.54 Å². The number of hydrogen-bond donors (Lipinski definition) is 4. The molecule has 3 amide bonds. The third-order valence-corrected chi connectivity index (χ3v) is 4.50. The van der Waals surface area contributed by atoms with Crippen LogP contribution in [0.1, 0.15) is 17.3 Å². The van der Waals surface area contributed by atoms with E-state index in [1.165, 1.54) is 35.3 Å².